The molecule has 1 N–H and O–H groups in total. The molecule has 0 bridgehead atoms. The Morgan fingerprint density at radius 2 is 1.59 bits per heavy atom. The minimum atomic E-state index is -3.90. The predicted molar refractivity (Wildman–Crippen MR) is 119 cm³/mol. The minimum absolute atomic E-state index is 0.0702. The molecule has 0 spiro atoms. The maximum Gasteiger partial charge on any atom is 0.262 e. The van der Waals surface area contributed by atoms with E-state index in [4.69, 9.17) is 0 Å². The highest BCUT2D eigenvalue weighted by molar-refractivity contribution is 7.92. The fourth-order valence-electron chi connectivity index (χ4n) is 4.58. The van der Waals surface area contributed by atoms with Gasteiger partial charge >= 0.3 is 0 Å². The Hall–Kier alpha value is -3.00. The minimum Gasteiger partial charge on any atom is -0.295 e. The third-order valence-corrected chi connectivity index (χ3v) is 7.88. The Morgan fingerprint density at radius 1 is 1.00 bits per heavy atom. The average molecular weight is 455 g/mol. The number of ketones is 1. The number of hydrogen-bond acceptors (Lipinski definition) is 5. The van der Waals surface area contributed by atoms with Gasteiger partial charge in [-0.1, -0.05) is 25.0 Å². The van der Waals surface area contributed by atoms with Crippen molar-refractivity contribution in [3.63, 3.8) is 0 Å². The van der Waals surface area contributed by atoms with Crippen LogP contribution in [0.4, 0.5) is 5.69 Å². The van der Waals surface area contributed by atoms with Gasteiger partial charge in [-0.25, -0.2) is 8.42 Å². The van der Waals surface area contributed by atoms with Gasteiger partial charge in [-0.05, 0) is 68.1 Å². The van der Waals surface area contributed by atoms with E-state index in [0.29, 0.717) is 22.4 Å². The van der Waals surface area contributed by atoms with Crippen molar-refractivity contribution >= 4 is 33.3 Å². The van der Waals surface area contributed by atoms with Crippen LogP contribution in [0.5, 0.6) is 0 Å². The molecular formula is C24H26N2O5S. The van der Waals surface area contributed by atoms with Crippen LogP contribution in [0.1, 0.15) is 54.1 Å². The second kappa shape index (κ2) is 8.50. The first-order valence-corrected chi connectivity index (χ1v) is 12.2. The van der Waals surface area contributed by atoms with Crippen LogP contribution in [0.2, 0.25) is 0 Å². The topological polar surface area (TPSA) is 101 Å². The van der Waals surface area contributed by atoms with Gasteiger partial charge in [-0.3, -0.25) is 24.0 Å². The van der Waals surface area contributed by atoms with Crippen LogP contribution in [0.25, 0.3) is 0 Å². The number of benzene rings is 2. The number of sulfonamides is 1. The summed E-state index contributed by atoms with van der Waals surface area (Å²) in [7, 11) is -3.90. The number of carbonyl (C=O) groups is 3. The summed E-state index contributed by atoms with van der Waals surface area (Å²) in [5.41, 5.74) is 1.97. The summed E-state index contributed by atoms with van der Waals surface area (Å²) in [6.45, 7) is 3.21. The van der Waals surface area contributed by atoms with Crippen LogP contribution in [-0.2, 0) is 26.2 Å². The molecule has 2 amide bonds. The molecule has 0 aromatic heterocycles. The van der Waals surface area contributed by atoms with E-state index in [1.807, 2.05) is 0 Å². The molecule has 7 nitrogen and oxygen atoms in total. The molecule has 32 heavy (non-hydrogen) atoms. The van der Waals surface area contributed by atoms with Crippen molar-refractivity contribution in [1.29, 1.82) is 0 Å². The zero-order valence-corrected chi connectivity index (χ0v) is 18.9. The average Bonchev–Trinajstić information content (AvgIpc) is 3.00. The van der Waals surface area contributed by atoms with Gasteiger partial charge in [0.05, 0.1) is 23.3 Å². The van der Waals surface area contributed by atoms with Crippen LogP contribution in [0.15, 0.2) is 47.4 Å². The Labute approximate surface area is 187 Å². The lowest BCUT2D eigenvalue weighted by Crippen LogP contribution is -2.30. The van der Waals surface area contributed by atoms with Crippen LogP contribution < -0.4 is 4.72 Å². The molecule has 1 aliphatic heterocycles. The van der Waals surface area contributed by atoms with Crippen molar-refractivity contribution in [3.8, 4) is 0 Å². The Bertz CT molecular complexity index is 1160. The Balaban J connectivity index is 1.56. The first kappa shape index (κ1) is 22.2. The van der Waals surface area contributed by atoms with Crippen LogP contribution in [0, 0.1) is 18.8 Å². The zero-order valence-electron chi connectivity index (χ0n) is 18.1. The second-order valence-electron chi connectivity index (χ2n) is 8.60. The molecule has 8 heteroatoms. The molecule has 1 saturated heterocycles. The molecule has 0 unspecified atom stereocenters. The number of nitrogens with zero attached hydrogens (tertiary/aromatic N) is 1. The number of anilines is 1. The lowest BCUT2D eigenvalue weighted by Gasteiger charge is -2.19. The number of nitrogens with one attached hydrogen (secondary N) is 1. The maximum absolute atomic E-state index is 13.0. The quantitative estimate of drug-likeness (QED) is 0.530. The van der Waals surface area contributed by atoms with Gasteiger partial charge in [-0.15, -0.1) is 0 Å². The molecule has 1 saturated carbocycles. The number of likely N-dealkylation sites (tertiary alicyclic amines) is 1. The summed E-state index contributed by atoms with van der Waals surface area (Å²) in [4.78, 5) is 38.3. The fraction of sp³-hybridized carbons (Fsp3) is 0.375. The molecule has 1 heterocycles. The molecule has 0 radical (unpaired) electrons. The highest BCUT2D eigenvalue weighted by Crippen LogP contribution is 2.38. The third kappa shape index (κ3) is 4.19. The van der Waals surface area contributed by atoms with E-state index in [9.17, 15) is 22.8 Å². The molecule has 2 fully saturated rings. The smallest absolute Gasteiger partial charge is 0.262 e. The largest absolute Gasteiger partial charge is 0.295 e. The standard InChI is InChI=1S/C24H26N2O5S/c1-15-7-8-17(14-26-23(28)20-5-3-4-6-21(20)24(26)29)13-22(15)32(30,31)25-19-11-9-18(10-12-19)16(2)27/h7-13,20-21,25H,3-6,14H2,1-2H3/t20-,21-/m1/s1. The van der Waals surface area contributed by atoms with E-state index in [1.54, 1.807) is 31.2 Å². The van der Waals surface area contributed by atoms with Crippen molar-refractivity contribution in [3.05, 3.63) is 59.2 Å². The molecule has 168 valence electrons. The molecular weight excluding hydrogens is 428 g/mol. The second-order valence-corrected chi connectivity index (χ2v) is 10.2. The molecule has 1 aliphatic carbocycles. The van der Waals surface area contributed by atoms with Crippen LogP contribution in [-0.4, -0.2) is 30.9 Å². The van der Waals surface area contributed by atoms with E-state index in [-0.39, 0.29) is 40.9 Å². The lowest BCUT2D eigenvalue weighted by atomic mass is 9.81. The summed E-state index contributed by atoms with van der Waals surface area (Å²) in [6, 6.07) is 11.2. The molecule has 2 aromatic carbocycles. The molecule has 2 aromatic rings. The fourth-order valence-corrected chi connectivity index (χ4v) is 5.94. The van der Waals surface area contributed by atoms with Crippen molar-refractivity contribution < 1.29 is 22.8 Å². The van der Waals surface area contributed by atoms with E-state index < -0.39 is 10.0 Å². The lowest BCUT2D eigenvalue weighted by molar-refractivity contribution is -0.140. The van der Waals surface area contributed by atoms with Gasteiger partial charge in [0.15, 0.2) is 5.78 Å². The van der Waals surface area contributed by atoms with E-state index in [2.05, 4.69) is 4.72 Å². The third-order valence-electron chi connectivity index (χ3n) is 6.36. The van der Waals surface area contributed by atoms with Crippen molar-refractivity contribution in [2.24, 2.45) is 11.8 Å². The summed E-state index contributed by atoms with van der Waals surface area (Å²) < 4.78 is 28.6. The first-order valence-electron chi connectivity index (χ1n) is 10.8. The number of aryl methyl sites for hydroxylation is 1. The summed E-state index contributed by atoms with van der Waals surface area (Å²) in [5.74, 6) is -0.857. The van der Waals surface area contributed by atoms with E-state index in [0.717, 1.165) is 25.7 Å². The molecule has 2 atom stereocenters. The number of hydrogen-bond donors (Lipinski definition) is 1. The van der Waals surface area contributed by atoms with Crippen LogP contribution >= 0.6 is 0 Å². The van der Waals surface area contributed by atoms with Crippen molar-refractivity contribution in [1.82, 2.24) is 4.90 Å². The highest BCUT2D eigenvalue weighted by Gasteiger charge is 2.47. The van der Waals surface area contributed by atoms with Crippen molar-refractivity contribution in [2.45, 2.75) is 51.0 Å². The maximum atomic E-state index is 13.0. The molecule has 4 rings (SSSR count). The summed E-state index contributed by atoms with van der Waals surface area (Å²) in [5, 5.41) is 0. The first-order chi connectivity index (χ1) is 15.2. The van der Waals surface area contributed by atoms with E-state index >= 15 is 0 Å². The Morgan fingerprint density at radius 3 is 2.16 bits per heavy atom. The van der Waals surface area contributed by atoms with Gasteiger partial charge in [0.2, 0.25) is 11.8 Å². The van der Waals surface area contributed by atoms with Gasteiger partial charge in [-0.2, -0.15) is 0 Å². The zero-order chi connectivity index (χ0) is 23.0. The summed E-state index contributed by atoms with van der Waals surface area (Å²) in [6.07, 6.45) is 3.40. The predicted octanol–water partition coefficient (Wildman–Crippen LogP) is 3.67. The van der Waals surface area contributed by atoms with Crippen LogP contribution in [0.3, 0.4) is 0 Å². The number of amides is 2. The number of carbonyl (C=O) groups excluding carboxylic acids is 3. The highest BCUT2D eigenvalue weighted by atomic mass is 32.2. The van der Waals surface area contributed by atoms with E-state index in [1.165, 1.54) is 30.0 Å². The Kier molecular flexibility index (Phi) is 5.90. The van der Waals surface area contributed by atoms with Gasteiger partial charge in [0.25, 0.3) is 10.0 Å². The number of fused-ring (bicyclic) bond motifs is 1. The van der Waals surface area contributed by atoms with Gasteiger partial charge in [0.1, 0.15) is 0 Å². The van der Waals surface area contributed by atoms with Gasteiger partial charge < -0.3 is 0 Å². The number of rotatable bonds is 6. The van der Waals surface area contributed by atoms with Crippen molar-refractivity contribution in [2.75, 3.05) is 4.72 Å². The summed E-state index contributed by atoms with van der Waals surface area (Å²) >= 11 is 0. The number of imide groups is 1. The SMILES string of the molecule is CC(=O)c1ccc(NS(=O)(=O)c2cc(CN3C(=O)[C@@H]4CCCC[C@H]4C3=O)ccc2C)cc1. The monoisotopic (exact) mass is 454 g/mol. The van der Waals surface area contributed by atoms with Gasteiger partial charge in [0, 0.05) is 11.3 Å². The number of Topliss-reactive ketones (excluding diaryl/α,β-unsaturated/α-hetero) is 1. The molecule has 2 aliphatic rings. The normalized spacial score (nSPS) is 20.9.